The number of rotatable bonds is 10. The Hall–Kier alpha value is -2.08. The molecule has 0 bridgehead atoms. The Balaban J connectivity index is 1.78. The third-order valence-corrected chi connectivity index (χ3v) is 6.22. The van der Waals surface area contributed by atoms with Crippen molar-refractivity contribution in [2.45, 2.75) is 103 Å². The van der Waals surface area contributed by atoms with Crippen LogP contribution in [0.3, 0.4) is 0 Å². The van der Waals surface area contributed by atoms with Crippen LogP contribution in [-0.2, 0) is 9.53 Å². The van der Waals surface area contributed by atoms with Crippen LogP contribution in [0.5, 0.6) is 0 Å². The fourth-order valence-corrected chi connectivity index (χ4v) is 4.27. The van der Waals surface area contributed by atoms with E-state index in [1.807, 2.05) is 19.1 Å². The summed E-state index contributed by atoms with van der Waals surface area (Å²) in [6.07, 6.45) is 13.1. The highest BCUT2D eigenvalue weighted by Crippen LogP contribution is 2.37. The number of ether oxygens (including phenoxy) is 1. The molecule has 3 heteroatoms. The molecule has 1 aromatic rings. The summed E-state index contributed by atoms with van der Waals surface area (Å²) in [6, 6.07) is 7.75. The molecule has 1 aliphatic rings. The number of carbonyl (C=O) groups is 2. The second-order valence-electron chi connectivity index (χ2n) is 8.61. The summed E-state index contributed by atoms with van der Waals surface area (Å²) in [4.78, 5) is 24.1. The van der Waals surface area contributed by atoms with E-state index < -0.39 is 12.1 Å². The highest BCUT2D eigenvalue weighted by Gasteiger charge is 2.23. The molecule has 2 rings (SSSR count). The SMILES string of the molecule is CCC#CC(=O)C(C)OC(=O)c1ccc([C@H]2CC[C@H](CCCCCCC)CC2)cc1. The van der Waals surface area contributed by atoms with Gasteiger partial charge in [0.2, 0.25) is 5.78 Å². The minimum absolute atomic E-state index is 0.357. The molecule has 0 aromatic heterocycles. The van der Waals surface area contributed by atoms with Crippen molar-refractivity contribution in [3.63, 3.8) is 0 Å². The molecule has 0 saturated heterocycles. The number of esters is 1. The van der Waals surface area contributed by atoms with E-state index in [1.165, 1.54) is 69.8 Å². The smallest absolute Gasteiger partial charge is 0.338 e. The minimum atomic E-state index is -0.839. The van der Waals surface area contributed by atoms with E-state index in [-0.39, 0.29) is 5.78 Å². The zero-order valence-electron chi connectivity index (χ0n) is 19.0. The number of hydrogen-bond acceptors (Lipinski definition) is 3. The van der Waals surface area contributed by atoms with Crippen LogP contribution in [0.4, 0.5) is 0 Å². The third-order valence-electron chi connectivity index (χ3n) is 6.22. The Kier molecular flexibility index (Phi) is 10.7. The normalized spacial score (nSPS) is 19.4. The maximum atomic E-state index is 12.3. The average molecular weight is 411 g/mol. The molecule has 3 nitrogen and oxygen atoms in total. The van der Waals surface area contributed by atoms with Gasteiger partial charge in [-0.15, -0.1) is 0 Å². The molecular formula is C27H38O3. The number of ketones is 1. The highest BCUT2D eigenvalue weighted by atomic mass is 16.5. The van der Waals surface area contributed by atoms with Crippen LogP contribution >= 0.6 is 0 Å². The lowest BCUT2D eigenvalue weighted by Crippen LogP contribution is -2.23. The molecule has 164 valence electrons. The number of benzene rings is 1. The average Bonchev–Trinajstić information content (AvgIpc) is 2.77. The van der Waals surface area contributed by atoms with E-state index in [0.717, 1.165) is 5.92 Å². The lowest BCUT2D eigenvalue weighted by Gasteiger charge is -2.29. The second-order valence-corrected chi connectivity index (χ2v) is 8.61. The molecule has 1 saturated carbocycles. The first-order chi connectivity index (χ1) is 14.5. The van der Waals surface area contributed by atoms with E-state index in [9.17, 15) is 9.59 Å². The molecule has 1 aromatic carbocycles. The number of hydrogen-bond donors (Lipinski definition) is 0. The Labute approximate surface area is 183 Å². The second kappa shape index (κ2) is 13.3. The van der Waals surface area contributed by atoms with Crippen LogP contribution < -0.4 is 0 Å². The van der Waals surface area contributed by atoms with Crippen molar-refractivity contribution in [3.05, 3.63) is 35.4 Å². The Morgan fingerprint density at radius 1 is 1.00 bits per heavy atom. The van der Waals surface area contributed by atoms with Crippen LogP contribution in [0.2, 0.25) is 0 Å². The van der Waals surface area contributed by atoms with Gasteiger partial charge in [0.25, 0.3) is 0 Å². The summed E-state index contributed by atoms with van der Waals surface area (Å²) in [5.41, 5.74) is 1.80. The van der Waals surface area contributed by atoms with Gasteiger partial charge in [-0.25, -0.2) is 4.79 Å². The Morgan fingerprint density at radius 2 is 1.67 bits per heavy atom. The molecular weight excluding hydrogens is 372 g/mol. The molecule has 0 amide bonds. The summed E-state index contributed by atoms with van der Waals surface area (Å²) in [5, 5.41) is 0. The molecule has 0 aliphatic heterocycles. The zero-order chi connectivity index (χ0) is 21.8. The van der Waals surface area contributed by atoms with Crippen LogP contribution in [0, 0.1) is 17.8 Å². The zero-order valence-corrected chi connectivity index (χ0v) is 19.0. The molecule has 1 aliphatic carbocycles. The van der Waals surface area contributed by atoms with Gasteiger partial charge in [0.15, 0.2) is 6.10 Å². The Bertz CT molecular complexity index is 715. The van der Waals surface area contributed by atoms with Crippen molar-refractivity contribution < 1.29 is 14.3 Å². The molecule has 1 fully saturated rings. The Morgan fingerprint density at radius 3 is 2.30 bits per heavy atom. The monoisotopic (exact) mass is 410 g/mol. The van der Waals surface area contributed by atoms with Crippen molar-refractivity contribution >= 4 is 11.8 Å². The minimum Gasteiger partial charge on any atom is -0.450 e. The summed E-state index contributed by atoms with van der Waals surface area (Å²) in [6.45, 7) is 5.71. The van der Waals surface area contributed by atoms with Gasteiger partial charge in [-0.05, 0) is 68.1 Å². The van der Waals surface area contributed by atoms with Gasteiger partial charge in [0, 0.05) is 6.42 Å². The van der Waals surface area contributed by atoms with Gasteiger partial charge in [0.05, 0.1) is 5.56 Å². The number of carbonyl (C=O) groups excluding carboxylic acids is 2. The maximum Gasteiger partial charge on any atom is 0.338 e. The van der Waals surface area contributed by atoms with Crippen molar-refractivity contribution in [2.24, 2.45) is 5.92 Å². The lowest BCUT2D eigenvalue weighted by atomic mass is 9.77. The van der Waals surface area contributed by atoms with Gasteiger partial charge < -0.3 is 4.74 Å². The first-order valence-corrected chi connectivity index (χ1v) is 11.9. The van der Waals surface area contributed by atoms with Crippen molar-refractivity contribution in [2.75, 3.05) is 0 Å². The molecule has 0 radical (unpaired) electrons. The largest absolute Gasteiger partial charge is 0.450 e. The van der Waals surface area contributed by atoms with Crippen LogP contribution in [0.1, 0.15) is 113 Å². The number of Topliss-reactive ketones (excluding diaryl/α,β-unsaturated/α-hetero) is 1. The van der Waals surface area contributed by atoms with E-state index >= 15 is 0 Å². The first-order valence-electron chi connectivity index (χ1n) is 11.9. The number of unbranched alkanes of at least 4 members (excludes halogenated alkanes) is 4. The van der Waals surface area contributed by atoms with Crippen molar-refractivity contribution in [3.8, 4) is 11.8 Å². The third kappa shape index (κ3) is 7.98. The quantitative estimate of drug-likeness (QED) is 0.183. The van der Waals surface area contributed by atoms with Gasteiger partial charge in [0.1, 0.15) is 0 Å². The molecule has 0 spiro atoms. The van der Waals surface area contributed by atoms with Gasteiger partial charge in [-0.1, -0.05) is 70.4 Å². The van der Waals surface area contributed by atoms with Crippen LogP contribution in [-0.4, -0.2) is 17.9 Å². The summed E-state index contributed by atoms with van der Waals surface area (Å²) in [5.74, 6) is 5.88. The summed E-state index contributed by atoms with van der Waals surface area (Å²) in [7, 11) is 0. The van der Waals surface area contributed by atoms with Crippen LogP contribution in [0.25, 0.3) is 0 Å². The van der Waals surface area contributed by atoms with Crippen LogP contribution in [0.15, 0.2) is 24.3 Å². The van der Waals surface area contributed by atoms with E-state index in [1.54, 1.807) is 6.92 Å². The van der Waals surface area contributed by atoms with E-state index in [2.05, 4.69) is 30.9 Å². The van der Waals surface area contributed by atoms with Crippen molar-refractivity contribution in [1.82, 2.24) is 0 Å². The topological polar surface area (TPSA) is 43.4 Å². The molecule has 1 atom stereocenters. The summed E-state index contributed by atoms with van der Waals surface area (Å²) < 4.78 is 5.27. The lowest BCUT2D eigenvalue weighted by molar-refractivity contribution is -0.121. The maximum absolute atomic E-state index is 12.3. The molecule has 0 heterocycles. The molecule has 0 N–H and O–H groups in total. The van der Waals surface area contributed by atoms with Crippen molar-refractivity contribution in [1.29, 1.82) is 0 Å². The van der Waals surface area contributed by atoms with E-state index in [4.69, 9.17) is 4.74 Å². The molecule has 30 heavy (non-hydrogen) atoms. The fourth-order valence-electron chi connectivity index (χ4n) is 4.27. The van der Waals surface area contributed by atoms with Gasteiger partial charge in [-0.3, -0.25) is 4.79 Å². The standard InChI is InChI=1S/C27H38O3/c1-4-6-8-9-10-11-22-13-15-23(16-14-22)24-17-19-25(20-18-24)27(29)30-21(3)26(28)12-7-5-2/h17-23H,4-6,8-11,13-16H2,1-3H3/t21?,22-,23-. The van der Waals surface area contributed by atoms with Gasteiger partial charge >= 0.3 is 5.97 Å². The highest BCUT2D eigenvalue weighted by molar-refractivity contribution is 6.01. The first kappa shape index (κ1) is 24.2. The summed E-state index contributed by atoms with van der Waals surface area (Å²) >= 11 is 0. The fraction of sp³-hybridized carbons (Fsp3) is 0.630. The molecule has 1 unspecified atom stereocenters. The predicted molar refractivity (Wildman–Crippen MR) is 122 cm³/mol. The predicted octanol–water partition coefficient (Wildman–Crippen LogP) is 6.85. The van der Waals surface area contributed by atoms with E-state index in [0.29, 0.717) is 17.9 Å². The van der Waals surface area contributed by atoms with Gasteiger partial charge in [-0.2, -0.15) is 0 Å².